The molecule has 5 nitrogen and oxygen atoms in total. The summed E-state index contributed by atoms with van der Waals surface area (Å²) in [4.78, 5) is 28.2. The van der Waals surface area contributed by atoms with Crippen molar-refractivity contribution >= 4 is 34.0 Å². The van der Waals surface area contributed by atoms with Crippen molar-refractivity contribution in [3.05, 3.63) is 65.3 Å². The average Bonchev–Trinajstić information content (AvgIpc) is 3.11. The molecule has 0 saturated heterocycles. The van der Waals surface area contributed by atoms with Crippen molar-refractivity contribution in [3.63, 3.8) is 0 Å². The van der Waals surface area contributed by atoms with Crippen LogP contribution in [0.25, 0.3) is 11.3 Å². The van der Waals surface area contributed by atoms with Crippen LogP contribution in [0.2, 0.25) is 0 Å². The van der Waals surface area contributed by atoms with Crippen molar-refractivity contribution in [2.45, 2.75) is 19.8 Å². The summed E-state index contributed by atoms with van der Waals surface area (Å²) >= 11 is 1.26. The lowest BCUT2D eigenvalue weighted by molar-refractivity contribution is -0.116. The van der Waals surface area contributed by atoms with Gasteiger partial charge in [-0.25, -0.2) is 9.37 Å². The highest BCUT2D eigenvalue weighted by molar-refractivity contribution is 7.14. The molecule has 7 heteroatoms. The third kappa shape index (κ3) is 4.77. The molecule has 2 N–H and O–H groups in total. The summed E-state index contributed by atoms with van der Waals surface area (Å²) < 4.78 is 13.7. The van der Waals surface area contributed by atoms with Gasteiger partial charge >= 0.3 is 0 Å². The number of hydrogen-bond donors (Lipinski definition) is 2. The van der Waals surface area contributed by atoms with E-state index in [4.69, 9.17) is 0 Å². The van der Waals surface area contributed by atoms with Gasteiger partial charge in [-0.2, -0.15) is 0 Å². The molecule has 3 aromatic rings. The molecule has 0 spiro atoms. The smallest absolute Gasteiger partial charge is 0.260 e. The molecule has 3 rings (SSSR count). The Hall–Kier alpha value is -3.06. The number of amides is 2. The van der Waals surface area contributed by atoms with E-state index in [1.165, 1.54) is 29.5 Å². The fourth-order valence-electron chi connectivity index (χ4n) is 2.45. The number of hydrogen-bond acceptors (Lipinski definition) is 4. The summed E-state index contributed by atoms with van der Waals surface area (Å²) in [6, 6.07) is 13.1. The molecule has 0 aliphatic heterocycles. The fraction of sp³-hybridized carbons (Fsp3) is 0.150. The first-order valence-corrected chi connectivity index (χ1v) is 9.36. The maximum absolute atomic E-state index is 13.7. The molecule has 0 aliphatic carbocycles. The second-order valence-corrected chi connectivity index (χ2v) is 6.71. The first kappa shape index (κ1) is 18.7. The summed E-state index contributed by atoms with van der Waals surface area (Å²) in [7, 11) is 0. The predicted octanol–water partition coefficient (Wildman–Crippen LogP) is 4.94. The summed E-state index contributed by atoms with van der Waals surface area (Å²) in [6.45, 7) is 1.95. The SMILES string of the molecule is CCCC(=O)Nc1ccc(-c2csc(NC(=O)c3ccccc3F)n2)cc1. The van der Waals surface area contributed by atoms with Crippen LogP contribution in [0.3, 0.4) is 0 Å². The number of rotatable bonds is 6. The standard InChI is InChI=1S/C20H18FN3O2S/c1-2-5-18(25)22-14-10-8-13(9-11-14)17-12-27-20(23-17)24-19(26)15-6-3-4-7-16(15)21/h3-4,6-12H,2,5H2,1H3,(H,22,25)(H,23,24,26). The van der Waals surface area contributed by atoms with E-state index in [1.807, 2.05) is 24.4 Å². The van der Waals surface area contributed by atoms with Crippen LogP contribution >= 0.6 is 11.3 Å². The first-order chi connectivity index (χ1) is 13.1. The predicted molar refractivity (Wildman–Crippen MR) is 105 cm³/mol. The van der Waals surface area contributed by atoms with Crippen LogP contribution in [0.5, 0.6) is 0 Å². The van der Waals surface area contributed by atoms with E-state index < -0.39 is 11.7 Å². The second-order valence-electron chi connectivity index (χ2n) is 5.85. The average molecular weight is 383 g/mol. The molecular formula is C20H18FN3O2S. The number of anilines is 2. The van der Waals surface area contributed by atoms with E-state index in [0.717, 1.165) is 17.7 Å². The van der Waals surface area contributed by atoms with E-state index in [0.29, 0.717) is 17.2 Å². The Morgan fingerprint density at radius 3 is 2.52 bits per heavy atom. The largest absolute Gasteiger partial charge is 0.326 e. The van der Waals surface area contributed by atoms with Gasteiger partial charge in [-0.1, -0.05) is 31.2 Å². The Bertz CT molecular complexity index is 954. The van der Waals surface area contributed by atoms with Gasteiger partial charge in [0.15, 0.2) is 5.13 Å². The van der Waals surface area contributed by atoms with Gasteiger partial charge in [-0.15, -0.1) is 11.3 Å². The van der Waals surface area contributed by atoms with Crippen LogP contribution in [0.15, 0.2) is 53.9 Å². The Balaban J connectivity index is 1.68. The Morgan fingerprint density at radius 2 is 1.81 bits per heavy atom. The second kappa shape index (κ2) is 8.55. The van der Waals surface area contributed by atoms with Gasteiger partial charge in [0.05, 0.1) is 11.3 Å². The molecule has 1 aromatic heterocycles. The number of nitrogens with zero attached hydrogens (tertiary/aromatic N) is 1. The summed E-state index contributed by atoms with van der Waals surface area (Å²) in [6.07, 6.45) is 1.28. The van der Waals surface area contributed by atoms with Gasteiger partial charge in [0.25, 0.3) is 5.91 Å². The minimum atomic E-state index is -0.576. The molecule has 138 valence electrons. The van der Waals surface area contributed by atoms with Crippen LogP contribution in [-0.4, -0.2) is 16.8 Å². The molecule has 0 bridgehead atoms. The topological polar surface area (TPSA) is 71.1 Å². The van der Waals surface area contributed by atoms with Crippen molar-refractivity contribution in [3.8, 4) is 11.3 Å². The van der Waals surface area contributed by atoms with Gasteiger partial charge < -0.3 is 5.32 Å². The van der Waals surface area contributed by atoms with Gasteiger partial charge in [0.1, 0.15) is 5.82 Å². The Kier molecular flexibility index (Phi) is 5.93. The monoisotopic (exact) mass is 383 g/mol. The van der Waals surface area contributed by atoms with E-state index in [2.05, 4.69) is 15.6 Å². The summed E-state index contributed by atoms with van der Waals surface area (Å²) in [5.74, 6) is -1.13. The molecule has 27 heavy (non-hydrogen) atoms. The lowest BCUT2D eigenvalue weighted by atomic mass is 10.1. The zero-order chi connectivity index (χ0) is 19.2. The minimum absolute atomic E-state index is 0.0166. The number of carbonyl (C=O) groups is 2. The molecule has 0 saturated carbocycles. The zero-order valence-electron chi connectivity index (χ0n) is 14.7. The molecule has 1 heterocycles. The van der Waals surface area contributed by atoms with Gasteiger partial charge in [-0.3, -0.25) is 14.9 Å². The fourth-order valence-corrected chi connectivity index (χ4v) is 3.16. The molecule has 0 atom stereocenters. The lowest BCUT2D eigenvalue weighted by Gasteiger charge is -2.05. The molecule has 2 amide bonds. The molecular weight excluding hydrogens is 365 g/mol. The minimum Gasteiger partial charge on any atom is -0.326 e. The third-order valence-corrected chi connectivity index (χ3v) is 4.54. The maximum atomic E-state index is 13.7. The Labute approximate surface area is 160 Å². The van der Waals surface area contributed by atoms with E-state index in [-0.39, 0.29) is 11.5 Å². The summed E-state index contributed by atoms with van der Waals surface area (Å²) in [5, 5.41) is 7.63. The van der Waals surface area contributed by atoms with Crippen LogP contribution < -0.4 is 10.6 Å². The van der Waals surface area contributed by atoms with Gasteiger partial charge in [0.2, 0.25) is 5.91 Å². The molecule has 0 aliphatic rings. The normalized spacial score (nSPS) is 10.4. The van der Waals surface area contributed by atoms with Crippen LogP contribution in [0.4, 0.5) is 15.2 Å². The molecule has 0 unspecified atom stereocenters. The zero-order valence-corrected chi connectivity index (χ0v) is 15.5. The highest BCUT2D eigenvalue weighted by Gasteiger charge is 2.13. The third-order valence-electron chi connectivity index (χ3n) is 3.78. The van der Waals surface area contributed by atoms with Crippen molar-refractivity contribution in [2.24, 2.45) is 0 Å². The number of carbonyl (C=O) groups excluding carboxylic acids is 2. The van der Waals surface area contributed by atoms with Crippen LogP contribution in [-0.2, 0) is 4.79 Å². The number of benzene rings is 2. The number of nitrogens with one attached hydrogen (secondary N) is 2. The van der Waals surface area contributed by atoms with E-state index in [9.17, 15) is 14.0 Å². The number of aromatic nitrogens is 1. The van der Waals surface area contributed by atoms with Gasteiger partial charge in [0, 0.05) is 23.1 Å². The van der Waals surface area contributed by atoms with Crippen molar-refractivity contribution in [2.75, 3.05) is 10.6 Å². The van der Waals surface area contributed by atoms with Crippen molar-refractivity contribution < 1.29 is 14.0 Å². The van der Waals surface area contributed by atoms with Crippen molar-refractivity contribution in [1.82, 2.24) is 4.98 Å². The van der Waals surface area contributed by atoms with E-state index in [1.54, 1.807) is 18.2 Å². The highest BCUT2D eigenvalue weighted by atomic mass is 32.1. The molecule has 0 fully saturated rings. The highest BCUT2D eigenvalue weighted by Crippen LogP contribution is 2.26. The van der Waals surface area contributed by atoms with Crippen LogP contribution in [0, 0.1) is 5.82 Å². The maximum Gasteiger partial charge on any atom is 0.260 e. The number of halogens is 1. The molecule has 2 aromatic carbocycles. The lowest BCUT2D eigenvalue weighted by Crippen LogP contribution is -2.13. The van der Waals surface area contributed by atoms with Gasteiger partial charge in [-0.05, 0) is 30.7 Å². The Morgan fingerprint density at radius 1 is 1.07 bits per heavy atom. The van der Waals surface area contributed by atoms with Crippen LogP contribution in [0.1, 0.15) is 30.1 Å². The molecule has 0 radical (unpaired) electrons. The first-order valence-electron chi connectivity index (χ1n) is 8.48. The van der Waals surface area contributed by atoms with Crippen molar-refractivity contribution in [1.29, 1.82) is 0 Å². The summed E-state index contributed by atoms with van der Waals surface area (Å²) in [5.41, 5.74) is 2.24. The quantitative estimate of drug-likeness (QED) is 0.633. The van der Waals surface area contributed by atoms with E-state index >= 15 is 0 Å². The number of thiazole rings is 1.